The minimum atomic E-state index is -0.628. The number of hydrogen-bond donors (Lipinski definition) is 0. The summed E-state index contributed by atoms with van der Waals surface area (Å²) in [5.74, 6) is 0.183. The van der Waals surface area contributed by atoms with Gasteiger partial charge >= 0.3 is 0 Å². The lowest BCUT2D eigenvalue weighted by Gasteiger charge is -2.21. The van der Waals surface area contributed by atoms with Crippen LogP contribution in [0.25, 0.3) is 0 Å². The molecule has 1 aliphatic rings. The molecule has 1 saturated heterocycles. The topological polar surface area (TPSA) is 35.5 Å². The van der Waals surface area contributed by atoms with Crippen molar-refractivity contribution in [2.75, 3.05) is 13.7 Å². The summed E-state index contributed by atoms with van der Waals surface area (Å²) in [4.78, 5) is 11.7. The molecule has 1 fully saturated rings. The molecule has 0 aromatic rings. The summed E-state index contributed by atoms with van der Waals surface area (Å²) in [6.45, 7) is 4.53. The second kappa shape index (κ2) is 5.61. The van der Waals surface area contributed by atoms with Crippen LogP contribution >= 0.6 is 0 Å². The zero-order valence-electron chi connectivity index (χ0n) is 10.0. The number of ketones is 1. The van der Waals surface area contributed by atoms with E-state index in [-0.39, 0.29) is 5.78 Å². The molecule has 0 aromatic carbocycles. The molecule has 1 atom stereocenters. The van der Waals surface area contributed by atoms with Gasteiger partial charge in [0.25, 0.3) is 0 Å². The Morgan fingerprint density at radius 2 is 2.27 bits per heavy atom. The Labute approximate surface area is 92.1 Å². The van der Waals surface area contributed by atoms with Crippen molar-refractivity contribution in [3.05, 3.63) is 0 Å². The molecule has 15 heavy (non-hydrogen) atoms. The summed E-state index contributed by atoms with van der Waals surface area (Å²) in [5, 5.41) is 0. The van der Waals surface area contributed by atoms with Crippen molar-refractivity contribution < 1.29 is 14.3 Å². The molecule has 0 amide bonds. The Balaban J connectivity index is 2.16. The highest BCUT2D eigenvalue weighted by Crippen LogP contribution is 2.19. The van der Waals surface area contributed by atoms with Gasteiger partial charge in [0.15, 0.2) is 5.78 Å². The number of rotatable bonds is 6. The minimum absolute atomic E-state index is 0.183. The van der Waals surface area contributed by atoms with E-state index in [0.29, 0.717) is 12.5 Å². The van der Waals surface area contributed by atoms with E-state index in [9.17, 15) is 4.79 Å². The summed E-state index contributed by atoms with van der Waals surface area (Å²) in [6.07, 6.45) is 5.23. The van der Waals surface area contributed by atoms with Gasteiger partial charge in [0.2, 0.25) is 0 Å². The number of carbonyl (C=O) groups excluding carboxylic acids is 1. The van der Waals surface area contributed by atoms with Gasteiger partial charge in [-0.3, -0.25) is 4.79 Å². The van der Waals surface area contributed by atoms with Gasteiger partial charge in [-0.1, -0.05) is 0 Å². The number of Topliss-reactive ketones (excluding diaryl/α,β-unsaturated/α-hetero) is 1. The second-order valence-electron chi connectivity index (χ2n) is 4.66. The molecule has 0 aromatic heterocycles. The van der Waals surface area contributed by atoms with Crippen molar-refractivity contribution in [1.29, 1.82) is 0 Å². The third kappa shape index (κ3) is 3.92. The summed E-state index contributed by atoms with van der Waals surface area (Å²) >= 11 is 0. The lowest BCUT2D eigenvalue weighted by atomic mass is 9.97. The molecule has 1 heterocycles. The third-order valence-electron chi connectivity index (χ3n) is 3.14. The summed E-state index contributed by atoms with van der Waals surface area (Å²) in [7, 11) is 1.58. The molecule has 1 aliphatic heterocycles. The van der Waals surface area contributed by atoms with E-state index in [1.54, 1.807) is 7.11 Å². The predicted octanol–water partition coefficient (Wildman–Crippen LogP) is 2.33. The molecule has 88 valence electrons. The molecule has 0 bridgehead atoms. The normalized spacial score (nSPS) is 21.9. The van der Waals surface area contributed by atoms with Crippen molar-refractivity contribution in [1.82, 2.24) is 0 Å². The molecule has 3 nitrogen and oxygen atoms in total. The Morgan fingerprint density at radius 3 is 2.80 bits per heavy atom. The van der Waals surface area contributed by atoms with E-state index in [0.717, 1.165) is 25.9 Å². The molecule has 0 aliphatic carbocycles. The van der Waals surface area contributed by atoms with Crippen LogP contribution in [0.2, 0.25) is 0 Å². The van der Waals surface area contributed by atoms with Crippen molar-refractivity contribution in [2.24, 2.45) is 0 Å². The van der Waals surface area contributed by atoms with Gasteiger partial charge in [-0.05, 0) is 39.5 Å². The highest BCUT2D eigenvalue weighted by Gasteiger charge is 2.26. The fraction of sp³-hybridized carbons (Fsp3) is 0.917. The van der Waals surface area contributed by atoms with Crippen molar-refractivity contribution >= 4 is 5.78 Å². The average Bonchev–Trinajstić information content (AvgIpc) is 2.70. The smallest absolute Gasteiger partial charge is 0.164 e. The minimum Gasteiger partial charge on any atom is -0.378 e. The Kier molecular flexibility index (Phi) is 4.74. The van der Waals surface area contributed by atoms with Gasteiger partial charge in [-0.2, -0.15) is 0 Å². The van der Waals surface area contributed by atoms with E-state index < -0.39 is 5.60 Å². The average molecular weight is 214 g/mol. The molecule has 0 N–H and O–H groups in total. The number of ether oxygens (including phenoxy) is 2. The number of hydrogen-bond acceptors (Lipinski definition) is 3. The SMILES string of the molecule is COC(C)(C)C(=O)CCCC1CCCO1. The first-order valence-electron chi connectivity index (χ1n) is 5.76. The number of methoxy groups -OCH3 is 1. The Morgan fingerprint density at radius 1 is 1.53 bits per heavy atom. The maximum atomic E-state index is 11.7. The highest BCUT2D eigenvalue weighted by molar-refractivity contribution is 5.86. The molecule has 0 spiro atoms. The lowest BCUT2D eigenvalue weighted by Crippen LogP contribution is -2.33. The first kappa shape index (κ1) is 12.7. The van der Waals surface area contributed by atoms with Crippen molar-refractivity contribution in [3.8, 4) is 0 Å². The molecular formula is C12H22O3. The largest absolute Gasteiger partial charge is 0.378 e. The van der Waals surface area contributed by atoms with Crippen LogP contribution < -0.4 is 0 Å². The molecule has 0 radical (unpaired) electrons. The summed E-state index contributed by atoms with van der Waals surface area (Å²) < 4.78 is 10.6. The van der Waals surface area contributed by atoms with E-state index in [1.807, 2.05) is 13.8 Å². The van der Waals surface area contributed by atoms with Crippen LogP contribution in [0.5, 0.6) is 0 Å². The van der Waals surface area contributed by atoms with Crippen LogP contribution in [0, 0.1) is 0 Å². The molecule has 3 heteroatoms. The van der Waals surface area contributed by atoms with Crippen LogP contribution in [0.1, 0.15) is 46.0 Å². The van der Waals surface area contributed by atoms with Gasteiger partial charge in [0.05, 0.1) is 6.10 Å². The molecular weight excluding hydrogens is 192 g/mol. The highest BCUT2D eigenvalue weighted by atomic mass is 16.5. The zero-order chi connectivity index (χ0) is 11.3. The lowest BCUT2D eigenvalue weighted by molar-refractivity contribution is -0.137. The van der Waals surface area contributed by atoms with Gasteiger partial charge < -0.3 is 9.47 Å². The van der Waals surface area contributed by atoms with Crippen molar-refractivity contribution in [3.63, 3.8) is 0 Å². The fourth-order valence-electron chi connectivity index (χ4n) is 1.78. The standard InChI is InChI=1S/C12H22O3/c1-12(2,14-3)11(13)8-4-6-10-7-5-9-15-10/h10H,4-9H2,1-3H3. The predicted molar refractivity (Wildman–Crippen MR) is 58.9 cm³/mol. The quantitative estimate of drug-likeness (QED) is 0.680. The van der Waals surface area contributed by atoms with Crippen molar-refractivity contribution in [2.45, 2.75) is 57.7 Å². The fourth-order valence-corrected chi connectivity index (χ4v) is 1.78. The first-order chi connectivity index (χ1) is 7.06. The van der Waals surface area contributed by atoms with E-state index >= 15 is 0 Å². The van der Waals surface area contributed by atoms with E-state index in [1.165, 1.54) is 6.42 Å². The molecule has 0 saturated carbocycles. The summed E-state index contributed by atoms with van der Waals surface area (Å²) in [5.41, 5.74) is -0.628. The van der Waals surface area contributed by atoms with E-state index in [2.05, 4.69) is 0 Å². The van der Waals surface area contributed by atoms with Crippen LogP contribution in [0.3, 0.4) is 0 Å². The third-order valence-corrected chi connectivity index (χ3v) is 3.14. The maximum Gasteiger partial charge on any atom is 0.164 e. The summed E-state index contributed by atoms with van der Waals surface area (Å²) in [6, 6.07) is 0. The zero-order valence-corrected chi connectivity index (χ0v) is 10.0. The maximum absolute atomic E-state index is 11.7. The van der Waals surface area contributed by atoms with Crippen LogP contribution in [0.15, 0.2) is 0 Å². The van der Waals surface area contributed by atoms with Gasteiger partial charge in [0.1, 0.15) is 5.60 Å². The van der Waals surface area contributed by atoms with Crippen LogP contribution in [-0.4, -0.2) is 31.2 Å². The molecule has 1 unspecified atom stereocenters. The van der Waals surface area contributed by atoms with Gasteiger partial charge in [-0.15, -0.1) is 0 Å². The van der Waals surface area contributed by atoms with Crippen LogP contribution in [-0.2, 0) is 14.3 Å². The second-order valence-corrected chi connectivity index (χ2v) is 4.66. The molecule has 1 rings (SSSR count). The van der Waals surface area contributed by atoms with Gasteiger partial charge in [-0.25, -0.2) is 0 Å². The van der Waals surface area contributed by atoms with Crippen LogP contribution in [0.4, 0.5) is 0 Å². The first-order valence-corrected chi connectivity index (χ1v) is 5.76. The van der Waals surface area contributed by atoms with Gasteiger partial charge in [0, 0.05) is 20.1 Å². The van der Waals surface area contributed by atoms with E-state index in [4.69, 9.17) is 9.47 Å². The Bertz CT molecular complexity index is 205. The Hall–Kier alpha value is -0.410. The number of carbonyl (C=O) groups is 1. The monoisotopic (exact) mass is 214 g/mol.